The summed E-state index contributed by atoms with van der Waals surface area (Å²) in [6, 6.07) is 0.739. The Morgan fingerprint density at radius 3 is 2.47 bits per heavy atom. The minimum absolute atomic E-state index is 0.272. The lowest BCUT2D eigenvalue weighted by Crippen LogP contribution is -2.36. The Labute approximate surface area is 113 Å². The molecular formula is C12H22N6O. The maximum atomic E-state index is 5.36. The SMILES string of the molecule is COc1nc(NN)nc(N(C)C2CCC(C)CC2)n1. The summed E-state index contributed by atoms with van der Waals surface area (Å²) in [4.78, 5) is 14.7. The fraction of sp³-hybridized carbons (Fsp3) is 0.750. The Morgan fingerprint density at radius 2 is 1.89 bits per heavy atom. The van der Waals surface area contributed by atoms with Gasteiger partial charge in [0.05, 0.1) is 7.11 Å². The predicted octanol–water partition coefficient (Wildman–Crippen LogP) is 1.18. The molecule has 0 amide bonds. The number of rotatable bonds is 4. The van der Waals surface area contributed by atoms with Crippen LogP contribution in [0, 0.1) is 5.92 Å². The summed E-state index contributed by atoms with van der Waals surface area (Å²) >= 11 is 0. The van der Waals surface area contributed by atoms with Gasteiger partial charge < -0.3 is 9.64 Å². The minimum atomic E-state index is 0.272. The number of hydrogen-bond donors (Lipinski definition) is 2. The van der Waals surface area contributed by atoms with Gasteiger partial charge in [-0.1, -0.05) is 6.92 Å². The first kappa shape index (κ1) is 13.8. The smallest absolute Gasteiger partial charge is 0.322 e. The molecule has 0 radical (unpaired) electrons. The average Bonchev–Trinajstić information content (AvgIpc) is 2.46. The van der Waals surface area contributed by atoms with E-state index in [1.54, 1.807) is 0 Å². The Balaban J connectivity index is 2.15. The van der Waals surface area contributed by atoms with Crippen LogP contribution in [0.1, 0.15) is 32.6 Å². The maximum absolute atomic E-state index is 5.36. The molecule has 106 valence electrons. The van der Waals surface area contributed by atoms with E-state index in [-0.39, 0.29) is 6.01 Å². The first-order valence-electron chi connectivity index (χ1n) is 6.63. The highest BCUT2D eigenvalue weighted by molar-refractivity contribution is 5.38. The molecule has 2 rings (SSSR count). The molecule has 0 aromatic carbocycles. The monoisotopic (exact) mass is 266 g/mol. The van der Waals surface area contributed by atoms with Gasteiger partial charge in [0.15, 0.2) is 0 Å². The van der Waals surface area contributed by atoms with Crippen molar-refractivity contribution in [2.24, 2.45) is 11.8 Å². The lowest BCUT2D eigenvalue weighted by Gasteiger charge is -2.33. The summed E-state index contributed by atoms with van der Waals surface area (Å²) in [6.07, 6.45) is 4.83. The molecule has 0 unspecified atom stereocenters. The summed E-state index contributed by atoms with van der Waals surface area (Å²) in [6.45, 7) is 2.30. The minimum Gasteiger partial charge on any atom is -0.467 e. The molecule has 0 aliphatic heterocycles. The summed E-state index contributed by atoms with van der Waals surface area (Å²) in [7, 11) is 3.54. The molecule has 1 fully saturated rings. The van der Waals surface area contributed by atoms with E-state index in [1.807, 2.05) is 7.05 Å². The zero-order valence-electron chi connectivity index (χ0n) is 11.8. The summed E-state index contributed by atoms with van der Waals surface area (Å²) in [5, 5.41) is 0. The van der Waals surface area contributed by atoms with Crippen LogP contribution in [0.15, 0.2) is 0 Å². The van der Waals surface area contributed by atoms with Crippen molar-refractivity contribution in [3.05, 3.63) is 0 Å². The van der Waals surface area contributed by atoms with Gasteiger partial charge in [-0.05, 0) is 31.6 Å². The molecule has 1 saturated carbocycles. The van der Waals surface area contributed by atoms with Crippen molar-refractivity contribution in [2.75, 3.05) is 24.5 Å². The van der Waals surface area contributed by atoms with Crippen LogP contribution in [-0.2, 0) is 0 Å². The summed E-state index contributed by atoms with van der Waals surface area (Å²) in [5.74, 6) is 7.09. The molecule has 7 nitrogen and oxygen atoms in total. The number of hydrazine groups is 1. The quantitative estimate of drug-likeness (QED) is 0.624. The number of nitrogens with zero attached hydrogens (tertiary/aromatic N) is 4. The number of nitrogens with two attached hydrogens (primary N) is 1. The Morgan fingerprint density at radius 1 is 1.21 bits per heavy atom. The molecule has 19 heavy (non-hydrogen) atoms. The summed E-state index contributed by atoms with van der Waals surface area (Å²) < 4.78 is 5.07. The molecule has 0 spiro atoms. The molecule has 1 aromatic rings. The van der Waals surface area contributed by atoms with Gasteiger partial charge in [-0.3, -0.25) is 5.43 Å². The van der Waals surface area contributed by atoms with Gasteiger partial charge in [0.2, 0.25) is 11.9 Å². The highest BCUT2D eigenvalue weighted by Crippen LogP contribution is 2.28. The van der Waals surface area contributed by atoms with Crippen molar-refractivity contribution < 1.29 is 4.74 Å². The van der Waals surface area contributed by atoms with Gasteiger partial charge in [-0.15, -0.1) is 0 Å². The molecule has 0 saturated heterocycles. The van der Waals surface area contributed by atoms with Crippen LogP contribution >= 0.6 is 0 Å². The fourth-order valence-corrected chi connectivity index (χ4v) is 2.45. The normalized spacial score (nSPS) is 22.9. The highest BCUT2D eigenvalue weighted by atomic mass is 16.5. The average molecular weight is 266 g/mol. The van der Waals surface area contributed by atoms with Crippen LogP contribution < -0.4 is 20.9 Å². The predicted molar refractivity (Wildman–Crippen MR) is 74.0 cm³/mol. The van der Waals surface area contributed by atoms with Gasteiger partial charge in [-0.2, -0.15) is 15.0 Å². The fourth-order valence-electron chi connectivity index (χ4n) is 2.45. The Kier molecular flexibility index (Phi) is 4.36. The molecule has 1 heterocycles. The first-order valence-corrected chi connectivity index (χ1v) is 6.63. The lowest BCUT2D eigenvalue weighted by molar-refractivity contribution is 0.337. The van der Waals surface area contributed by atoms with Crippen molar-refractivity contribution >= 4 is 11.9 Å². The number of nitrogens with one attached hydrogen (secondary N) is 1. The third-order valence-electron chi connectivity index (χ3n) is 3.76. The van der Waals surface area contributed by atoms with E-state index in [2.05, 4.69) is 32.2 Å². The third-order valence-corrected chi connectivity index (χ3v) is 3.76. The Hall–Kier alpha value is -1.63. The highest BCUT2D eigenvalue weighted by Gasteiger charge is 2.24. The molecule has 0 atom stereocenters. The van der Waals surface area contributed by atoms with E-state index in [4.69, 9.17) is 10.6 Å². The number of aromatic nitrogens is 3. The number of nitrogen functional groups attached to an aromatic ring is 1. The maximum Gasteiger partial charge on any atom is 0.322 e. The first-order chi connectivity index (χ1) is 9.13. The van der Waals surface area contributed by atoms with Crippen LogP contribution in [0.5, 0.6) is 6.01 Å². The van der Waals surface area contributed by atoms with E-state index in [0.717, 1.165) is 18.8 Å². The van der Waals surface area contributed by atoms with Crippen LogP contribution in [-0.4, -0.2) is 35.2 Å². The zero-order chi connectivity index (χ0) is 13.8. The lowest BCUT2D eigenvalue weighted by atomic mass is 9.87. The van der Waals surface area contributed by atoms with Gasteiger partial charge in [0.1, 0.15) is 0 Å². The topological polar surface area (TPSA) is 89.2 Å². The van der Waals surface area contributed by atoms with Crippen LogP contribution in [0.25, 0.3) is 0 Å². The number of hydrogen-bond acceptors (Lipinski definition) is 7. The van der Waals surface area contributed by atoms with E-state index >= 15 is 0 Å². The number of methoxy groups -OCH3 is 1. The van der Waals surface area contributed by atoms with Crippen molar-refractivity contribution in [1.29, 1.82) is 0 Å². The second-order valence-corrected chi connectivity index (χ2v) is 5.11. The second kappa shape index (κ2) is 6.01. The number of anilines is 2. The van der Waals surface area contributed by atoms with E-state index in [9.17, 15) is 0 Å². The molecule has 0 bridgehead atoms. The molecular weight excluding hydrogens is 244 g/mol. The van der Waals surface area contributed by atoms with Gasteiger partial charge >= 0.3 is 6.01 Å². The van der Waals surface area contributed by atoms with Gasteiger partial charge in [-0.25, -0.2) is 5.84 Å². The molecule has 1 aliphatic carbocycles. The molecule has 1 aromatic heterocycles. The summed E-state index contributed by atoms with van der Waals surface area (Å²) in [5.41, 5.74) is 2.44. The van der Waals surface area contributed by atoms with Gasteiger partial charge in [0, 0.05) is 13.1 Å². The second-order valence-electron chi connectivity index (χ2n) is 5.11. The van der Waals surface area contributed by atoms with Crippen LogP contribution in [0.3, 0.4) is 0 Å². The molecule has 7 heteroatoms. The van der Waals surface area contributed by atoms with Crippen molar-refractivity contribution in [3.8, 4) is 6.01 Å². The van der Waals surface area contributed by atoms with Gasteiger partial charge in [0.25, 0.3) is 0 Å². The molecule has 1 aliphatic rings. The largest absolute Gasteiger partial charge is 0.467 e. The van der Waals surface area contributed by atoms with Crippen LogP contribution in [0.2, 0.25) is 0 Å². The van der Waals surface area contributed by atoms with Crippen LogP contribution in [0.4, 0.5) is 11.9 Å². The van der Waals surface area contributed by atoms with E-state index < -0.39 is 0 Å². The van der Waals surface area contributed by atoms with E-state index in [1.165, 1.54) is 20.0 Å². The molecule has 3 N–H and O–H groups in total. The van der Waals surface area contributed by atoms with Crippen molar-refractivity contribution in [2.45, 2.75) is 38.6 Å². The van der Waals surface area contributed by atoms with Crippen molar-refractivity contribution in [3.63, 3.8) is 0 Å². The Bertz CT molecular complexity index is 396. The van der Waals surface area contributed by atoms with E-state index in [0.29, 0.717) is 17.9 Å². The third kappa shape index (κ3) is 3.23. The zero-order valence-corrected chi connectivity index (χ0v) is 11.8. The number of ether oxygens (including phenoxy) is 1. The van der Waals surface area contributed by atoms with Crippen molar-refractivity contribution in [1.82, 2.24) is 15.0 Å². The standard InChI is InChI=1S/C12H22N6O/c1-8-4-6-9(7-5-8)18(2)11-14-10(17-13)15-12(16-11)19-3/h8-9H,4-7,13H2,1-3H3,(H,14,15,16,17).